The highest BCUT2D eigenvalue weighted by molar-refractivity contribution is 7.17. The third-order valence-corrected chi connectivity index (χ3v) is 4.98. The smallest absolute Gasteiger partial charge is 0.269 e. The first-order valence-electron chi connectivity index (χ1n) is 6.97. The number of aromatic nitrogens is 2. The van der Waals surface area contributed by atoms with Gasteiger partial charge in [0.15, 0.2) is 0 Å². The van der Waals surface area contributed by atoms with Gasteiger partial charge in [-0.3, -0.25) is 14.7 Å². The normalized spacial score (nSPS) is 18.4. The highest BCUT2D eigenvalue weighted by Gasteiger charge is 2.31. The van der Waals surface area contributed by atoms with Crippen molar-refractivity contribution in [2.75, 3.05) is 6.54 Å². The zero-order valence-corrected chi connectivity index (χ0v) is 13.3. The minimum Gasteiger partial charge on any atom is -0.364 e. The average Bonchev–Trinajstić information content (AvgIpc) is 3.15. The molecule has 0 spiro atoms. The van der Waals surface area contributed by atoms with Gasteiger partial charge in [0.1, 0.15) is 5.69 Å². The van der Waals surface area contributed by atoms with Crippen molar-refractivity contribution in [2.45, 2.75) is 25.3 Å². The van der Waals surface area contributed by atoms with Gasteiger partial charge in [0.2, 0.25) is 0 Å². The van der Waals surface area contributed by atoms with Gasteiger partial charge in [0.05, 0.1) is 20.9 Å². The number of piperidine rings is 1. The molecule has 3 rings (SSSR count). The Morgan fingerprint density at radius 2 is 2.23 bits per heavy atom. The molecule has 1 aliphatic rings. The number of nitrogens with one attached hydrogen (secondary N) is 1. The standard InChI is InChI=1S/C14H15ClN4O2S/c15-12-5-4-11(22-12)14(21)19-6-2-1-3-10(19)8-7-9(13(16)20)18-17-8/h4-5,7,10H,1-3,6H2,(H2,16,20)(H,17,18)/t10-/m1/s1. The summed E-state index contributed by atoms with van der Waals surface area (Å²) in [5.41, 5.74) is 6.16. The van der Waals surface area contributed by atoms with Crippen molar-refractivity contribution in [1.82, 2.24) is 15.1 Å². The van der Waals surface area contributed by atoms with Gasteiger partial charge in [-0.25, -0.2) is 0 Å². The summed E-state index contributed by atoms with van der Waals surface area (Å²) in [5.74, 6) is -0.627. The van der Waals surface area contributed by atoms with Crippen LogP contribution in [0.5, 0.6) is 0 Å². The molecule has 2 aromatic heterocycles. The van der Waals surface area contributed by atoms with Crippen LogP contribution in [0, 0.1) is 0 Å². The number of hydrogen-bond acceptors (Lipinski definition) is 4. The van der Waals surface area contributed by atoms with Crippen molar-refractivity contribution < 1.29 is 9.59 Å². The molecule has 0 saturated carbocycles. The number of amides is 2. The molecule has 8 heteroatoms. The van der Waals surface area contributed by atoms with Crippen LogP contribution < -0.4 is 5.73 Å². The topological polar surface area (TPSA) is 92.1 Å². The lowest BCUT2D eigenvalue weighted by Crippen LogP contribution is -2.38. The number of hydrogen-bond donors (Lipinski definition) is 2. The molecule has 3 heterocycles. The predicted octanol–water partition coefficient (Wildman–Crippen LogP) is 2.59. The number of rotatable bonds is 3. The van der Waals surface area contributed by atoms with E-state index in [9.17, 15) is 9.59 Å². The molecule has 1 fully saturated rings. The molecule has 0 bridgehead atoms. The van der Waals surface area contributed by atoms with Crippen LogP contribution in [-0.4, -0.2) is 33.5 Å². The van der Waals surface area contributed by atoms with Gasteiger partial charge < -0.3 is 10.6 Å². The molecule has 116 valence electrons. The van der Waals surface area contributed by atoms with E-state index in [4.69, 9.17) is 17.3 Å². The van der Waals surface area contributed by atoms with Crippen LogP contribution in [0.15, 0.2) is 18.2 Å². The monoisotopic (exact) mass is 338 g/mol. The Hall–Kier alpha value is -1.86. The summed E-state index contributed by atoms with van der Waals surface area (Å²) in [4.78, 5) is 26.3. The summed E-state index contributed by atoms with van der Waals surface area (Å²) in [5, 5.41) is 6.74. The largest absolute Gasteiger partial charge is 0.364 e. The summed E-state index contributed by atoms with van der Waals surface area (Å²) in [7, 11) is 0. The molecule has 22 heavy (non-hydrogen) atoms. The molecular formula is C14H15ClN4O2S. The number of carbonyl (C=O) groups is 2. The summed E-state index contributed by atoms with van der Waals surface area (Å²) in [6.07, 6.45) is 2.80. The third kappa shape index (κ3) is 2.86. The van der Waals surface area contributed by atoms with Crippen molar-refractivity contribution >= 4 is 34.8 Å². The SMILES string of the molecule is NC(=O)c1cc([C@H]2CCCCN2C(=O)c2ccc(Cl)s2)[nH]n1. The molecule has 0 aromatic carbocycles. The van der Waals surface area contributed by atoms with E-state index < -0.39 is 5.91 Å². The molecule has 2 aromatic rings. The fraction of sp³-hybridized carbons (Fsp3) is 0.357. The van der Waals surface area contributed by atoms with Crippen LogP contribution >= 0.6 is 22.9 Å². The fourth-order valence-corrected chi connectivity index (χ4v) is 3.70. The molecule has 0 radical (unpaired) electrons. The maximum absolute atomic E-state index is 12.7. The summed E-state index contributed by atoms with van der Waals surface area (Å²) < 4.78 is 0.592. The van der Waals surface area contributed by atoms with E-state index in [1.165, 1.54) is 11.3 Å². The van der Waals surface area contributed by atoms with E-state index in [2.05, 4.69) is 10.2 Å². The van der Waals surface area contributed by atoms with Crippen LogP contribution in [0.4, 0.5) is 0 Å². The van der Waals surface area contributed by atoms with Crippen LogP contribution in [0.3, 0.4) is 0 Å². The number of nitrogens with zero attached hydrogens (tertiary/aromatic N) is 2. The lowest BCUT2D eigenvalue weighted by Gasteiger charge is -2.34. The van der Waals surface area contributed by atoms with Crippen molar-refractivity contribution in [3.63, 3.8) is 0 Å². The lowest BCUT2D eigenvalue weighted by atomic mass is 9.99. The summed E-state index contributed by atoms with van der Waals surface area (Å²) >= 11 is 7.19. The predicted molar refractivity (Wildman–Crippen MR) is 84.1 cm³/mol. The first-order valence-corrected chi connectivity index (χ1v) is 8.17. The second-order valence-electron chi connectivity index (χ2n) is 5.19. The van der Waals surface area contributed by atoms with Crippen LogP contribution in [0.2, 0.25) is 4.34 Å². The van der Waals surface area contributed by atoms with E-state index in [1.54, 1.807) is 18.2 Å². The van der Waals surface area contributed by atoms with E-state index in [-0.39, 0.29) is 17.6 Å². The van der Waals surface area contributed by atoms with Crippen LogP contribution in [0.1, 0.15) is 51.2 Å². The Labute approximate surface area is 136 Å². The minimum absolute atomic E-state index is 0.0446. The van der Waals surface area contributed by atoms with Gasteiger partial charge in [0, 0.05) is 6.54 Å². The van der Waals surface area contributed by atoms with Crippen molar-refractivity contribution in [1.29, 1.82) is 0 Å². The Morgan fingerprint density at radius 1 is 1.41 bits per heavy atom. The van der Waals surface area contributed by atoms with Gasteiger partial charge in [-0.2, -0.15) is 5.10 Å². The van der Waals surface area contributed by atoms with Gasteiger partial charge in [-0.05, 0) is 37.5 Å². The molecule has 2 amide bonds. The van der Waals surface area contributed by atoms with Crippen molar-refractivity contribution in [2.24, 2.45) is 5.73 Å². The lowest BCUT2D eigenvalue weighted by molar-refractivity contribution is 0.0611. The zero-order valence-electron chi connectivity index (χ0n) is 11.7. The molecule has 3 N–H and O–H groups in total. The number of aromatic amines is 1. The molecule has 6 nitrogen and oxygen atoms in total. The second kappa shape index (κ2) is 6.10. The highest BCUT2D eigenvalue weighted by atomic mass is 35.5. The number of halogens is 1. The van der Waals surface area contributed by atoms with Gasteiger partial charge in [-0.1, -0.05) is 11.6 Å². The Morgan fingerprint density at radius 3 is 2.86 bits per heavy atom. The first-order chi connectivity index (χ1) is 10.6. The number of primary amides is 1. The average molecular weight is 339 g/mol. The number of H-pyrrole nitrogens is 1. The van der Waals surface area contributed by atoms with Crippen LogP contribution in [-0.2, 0) is 0 Å². The number of carbonyl (C=O) groups excluding carboxylic acids is 2. The summed E-state index contributed by atoms with van der Waals surface area (Å²) in [6, 6.07) is 4.96. The third-order valence-electron chi connectivity index (χ3n) is 3.76. The summed E-state index contributed by atoms with van der Waals surface area (Å²) in [6.45, 7) is 0.671. The molecule has 1 saturated heterocycles. The molecule has 1 aliphatic heterocycles. The highest BCUT2D eigenvalue weighted by Crippen LogP contribution is 2.33. The second-order valence-corrected chi connectivity index (χ2v) is 6.90. The van der Waals surface area contributed by atoms with Gasteiger partial charge in [0.25, 0.3) is 11.8 Å². The first kappa shape index (κ1) is 15.1. The number of likely N-dealkylation sites (tertiary alicyclic amines) is 1. The molecular weight excluding hydrogens is 324 g/mol. The molecule has 0 unspecified atom stereocenters. The van der Waals surface area contributed by atoms with Crippen LogP contribution in [0.25, 0.3) is 0 Å². The van der Waals surface area contributed by atoms with E-state index >= 15 is 0 Å². The van der Waals surface area contributed by atoms with E-state index in [1.807, 2.05) is 4.90 Å². The molecule has 0 aliphatic carbocycles. The van der Waals surface area contributed by atoms with Gasteiger partial charge >= 0.3 is 0 Å². The Balaban J connectivity index is 1.87. The van der Waals surface area contributed by atoms with Crippen molar-refractivity contribution in [3.05, 3.63) is 38.8 Å². The van der Waals surface area contributed by atoms with Crippen molar-refractivity contribution in [3.8, 4) is 0 Å². The van der Waals surface area contributed by atoms with E-state index in [0.717, 1.165) is 25.0 Å². The minimum atomic E-state index is -0.582. The Bertz CT molecular complexity index is 711. The van der Waals surface area contributed by atoms with Gasteiger partial charge in [-0.15, -0.1) is 11.3 Å². The zero-order chi connectivity index (χ0) is 15.7. The maximum Gasteiger partial charge on any atom is 0.269 e. The number of nitrogens with two attached hydrogens (primary N) is 1. The fourth-order valence-electron chi connectivity index (χ4n) is 2.70. The Kier molecular flexibility index (Phi) is 4.17. The quantitative estimate of drug-likeness (QED) is 0.900. The number of thiophene rings is 1. The molecule has 1 atom stereocenters. The maximum atomic E-state index is 12.7. The van der Waals surface area contributed by atoms with E-state index in [0.29, 0.717) is 15.8 Å².